The lowest BCUT2D eigenvalue weighted by Gasteiger charge is -2.19. The van der Waals surface area contributed by atoms with Gasteiger partial charge in [-0.15, -0.1) is 0 Å². The molecule has 0 atom stereocenters. The fourth-order valence-corrected chi connectivity index (χ4v) is 3.30. The van der Waals surface area contributed by atoms with Gasteiger partial charge in [0.25, 0.3) is 0 Å². The smallest absolute Gasteiger partial charge is 0.373 e. The Hall–Kier alpha value is -4.06. The van der Waals surface area contributed by atoms with Crippen LogP contribution in [0.25, 0.3) is 0 Å². The van der Waals surface area contributed by atoms with Crippen LogP contribution in [-0.4, -0.2) is 24.0 Å². The quantitative estimate of drug-likeness (QED) is 0.179. The van der Waals surface area contributed by atoms with Gasteiger partial charge in [-0.1, -0.05) is 74.5 Å². The lowest BCUT2D eigenvalue weighted by Crippen LogP contribution is -2.10. The molecular formula is C28H28O6. The first kappa shape index (κ1) is 24.6. The number of aliphatic hydroxyl groups excluding tert-OH is 1. The number of aliphatic hydroxyl groups is 1. The number of rotatable bonds is 10. The number of methoxy groups -OCH3 is 1. The molecule has 3 aromatic rings. The zero-order valence-electron chi connectivity index (χ0n) is 19.5. The van der Waals surface area contributed by atoms with E-state index in [1.54, 1.807) is 12.1 Å². The minimum absolute atomic E-state index is 0.0404. The first-order valence-corrected chi connectivity index (χ1v) is 10.9. The number of hydrogen-bond donors (Lipinski definition) is 1. The first-order chi connectivity index (χ1) is 16.4. The number of ketones is 1. The molecule has 3 rings (SSSR count). The SMILES string of the molecule is COC(=O)/C(O)=C/C(=O)c1cc(C(C)C)c(OCc2ccccc2)cc1OCc1ccccc1. The Bertz CT molecular complexity index is 1150. The number of carbonyl (C=O) groups is 2. The largest absolute Gasteiger partial charge is 0.502 e. The van der Waals surface area contributed by atoms with Gasteiger partial charge in [0.2, 0.25) is 5.76 Å². The van der Waals surface area contributed by atoms with E-state index >= 15 is 0 Å². The van der Waals surface area contributed by atoms with E-state index in [4.69, 9.17) is 9.47 Å². The molecule has 0 aromatic heterocycles. The van der Waals surface area contributed by atoms with Crippen LogP contribution in [0.4, 0.5) is 0 Å². The standard InChI is InChI=1S/C28H28O6/c1-19(2)22-14-23(24(29)15-25(30)28(31)32-3)27(34-18-21-12-8-5-9-13-21)16-26(22)33-17-20-10-6-4-7-11-20/h4-16,19,30H,17-18H2,1-3H3/b25-15-. The maximum Gasteiger partial charge on any atom is 0.373 e. The zero-order chi connectivity index (χ0) is 24.5. The Labute approximate surface area is 199 Å². The second kappa shape index (κ2) is 11.7. The van der Waals surface area contributed by atoms with Gasteiger partial charge in [-0.3, -0.25) is 4.79 Å². The number of hydrogen-bond acceptors (Lipinski definition) is 6. The van der Waals surface area contributed by atoms with Crippen LogP contribution >= 0.6 is 0 Å². The van der Waals surface area contributed by atoms with Gasteiger partial charge in [-0.05, 0) is 28.7 Å². The Morgan fingerprint density at radius 1 is 0.853 bits per heavy atom. The van der Waals surface area contributed by atoms with E-state index < -0.39 is 17.5 Å². The van der Waals surface area contributed by atoms with Crippen molar-refractivity contribution in [1.82, 2.24) is 0 Å². The van der Waals surface area contributed by atoms with Crippen LogP contribution in [-0.2, 0) is 22.7 Å². The van der Waals surface area contributed by atoms with Crippen molar-refractivity contribution in [2.45, 2.75) is 33.0 Å². The second-order valence-corrected chi connectivity index (χ2v) is 7.97. The van der Waals surface area contributed by atoms with E-state index in [-0.39, 0.29) is 23.8 Å². The molecule has 0 fully saturated rings. The van der Waals surface area contributed by atoms with Crippen molar-refractivity contribution in [2.24, 2.45) is 0 Å². The van der Waals surface area contributed by atoms with Gasteiger partial charge in [0, 0.05) is 12.1 Å². The Morgan fingerprint density at radius 3 is 1.88 bits per heavy atom. The summed E-state index contributed by atoms with van der Waals surface area (Å²) >= 11 is 0. The predicted octanol–water partition coefficient (Wildman–Crippen LogP) is 5.77. The Balaban J connectivity index is 1.99. The molecule has 0 saturated carbocycles. The van der Waals surface area contributed by atoms with Crippen molar-refractivity contribution in [3.63, 3.8) is 0 Å². The van der Waals surface area contributed by atoms with Gasteiger partial charge in [-0.25, -0.2) is 4.79 Å². The molecule has 0 aliphatic heterocycles. The molecule has 0 spiro atoms. The third kappa shape index (κ3) is 6.48. The molecular weight excluding hydrogens is 432 g/mol. The molecule has 0 bridgehead atoms. The number of carbonyl (C=O) groups excluding carboxylic acids is 2. The summed E-state index contributed by atoms with van der Waals surface area (Å²) in [7, 11) is 1.13. The van der Waals surface area contributed by atoms with Crippen LogP contribution in [0.1, 0.15) is 46.8 Å². The Morgan fingerprint density at radius 2 is 1.38 bits per heavy atom. The van der Waals surface area contributed by atoms with Crippen LogP contribution in [0.5, 0.6) is 11.5 Å². The molecule has 6 nitrogen and oxygen atoms in total. The van der Waals surface area contributed by atoms with Crippen molar-refractivity contribution in [1.29, 1.82) is 0 Å². The molecule has 0 heterocycles. The molecule has 0 unspecified atom stereocenters. The van der Waals surface area contributed by atoms with E-state index in [1.807, 2.05) is 74.5 Å². The summed E-state index contributed by atoms with van der Waals surface area (Å²) in [5.74, 6) is -1.43. The number of allylic oxidation sites excluding steroid dienone is 1. The summed E-state index contributed by atoms with van der Waals surface area (Å²) in [6, 6.07) is 22.7. The molecule has 176 valence electrons. The maximum absolute atomic E-state index is 13.0. The normalized spacial score (nSPS) is 11.2. The average Bonchev–Trinajstić information content (AvgIpc) is 2.86. The molecule has 34 heavy (non-hydrogen) atoms. The van der Waals surface area contributed by atoms with Gasteiger partial charge >= 0.3 is 5.97 Å². The fourth-order valence-electron chi connectivity index (χ4n) is 3.30. The van der Waals surface area contributed by atoms with Gasteiger partial charge in [0.1, 0.15) is 24.7 Å². The molecule has 0 saturated heterocycles. The topological polar surface area (TPSA) is 82.1 Å². The highest BCUT2D eigenvalue weighted by Crippen LogP contribution is 2.35. The minimum atomic E-state index is -0.994. The van der Waals surface area contributed by atoms with E-state index in [2.05, 4.69) is 4.74 Å². The van der Waals surface area contributed by atoms with Crippen molar-refractivity contribution in [3.05, 3.63) is 107 Å². The maximum atomic E-state index is 13.0. The molecule has 3 aromatic carbocycles. The van der Waals surface area contributed by atoms with Gasteiger partial charge in [0.15, 0.2) is 5.78 Å². The van der Waals surface area contributed by atoms with Crippen molar-refractivity contribution in [3.8, 4) is 11.5 Å². The van der Waals surface area contributed by atoms with Crippen molar-refractivity contribution < 1.29 is 28.9 Å². The highest BCUT2D eigenvalue weighted by atomic mass is 16.5. The van der Waals surface area contributed by atoms with E-state index in [0.717, 1.165) is 29.9 Å². The summed E-state index contributed by atoms with van der Waals surface area (Å²) in [4.78, 5) is 24.6. The molecule has 0 aliphatic rings. The second-order valence-electron chi connectivity index (χ2n) is 7.97. The Kier molecular flexibility index (Phi) is 8.46. The van der Waals surface area contributed by atoms with E-state index in [9.17, 15) is 14.7 Å². The van der Waals surface area contributed by atoms with Crippen LogP contribution in [0.15, 0.2) is 84.6 Å². The van der Waals surface area contributed by atoms with Crippen LogP contribution in [0, 0.1) is 0 Å². The summed E-state index contributed by atoms with van der Waals surface area (Å²) in [5, 5.41) is 9.89. The molecule has 6 heteroatoms. The highest BCUT2D eigenvalue weighted by molar-refractivity contribution is 6.09. The van der Waals surface area contributed by atoms with Crippen LogP contribution in [0.2, 0.25) is 0 Å². The molecule has 0 radical (unpaired) electrons. The first-order valence-electron chi connectivity index (χ1n) is 10.9. The summed E-state index contributed by atoms with van der Waals surface area (Å²) in [6.45, 7) is 4.57. The van der Waals surface area contributed by atoms with Crippen LogP contribution in [0.3, 0.4) is 0 Å². The molecule has 0 aliphatic carbocycles. The summed E-state index contributed by atoms with van der Waals surface area (Å²) < 4.78 is 16.6. The number of esters is 1. The zero-order valence-corrected chi connectivity index (χ0v) is 19.5. The molecule has 1 N–H and O–H groups in total. The lowest BCUT2D eigenvalue weighted by atomic mass is 9.96. The highest BCUT2D eigenvalue weighted by Gasteiger charge is 2.20. The molecule has 0 amide bonds. The predicted molar refractivity (Wildman–Crippen MR) is 129 cm³/mol. The number of ether oxygens (including phenoxy) is 3. The lowest BCUT2D eigenvalue weighted by molar-refractivity contribution is -0.139. The third-order valence-corrected chi connectivity index (χ3v) is 5.14. The van der Waals surface area contributed by atoms with Gasteiger partial charge < -0.3 is 19.3 Å². The van der Waals surface area contributed by atoms with E-state index in [0.29, 0.717) is 12.4 Å². The summed E-state index contributed by atoms with van der Waals surface area (Å²) in [5.41, 5.74) is 2.95. The van der Waals surface area contributed by atoms with Gasteiger partial charge in [0.05, 0.1) is 12.7 Å². The monoisotopic (exact) mass is 460 g/mol. The van der Waals surface area contributed by atoms with Gasteiger partial charge in [-0.2, -0.15) is 0 Å². The minimum Gasteiger partial charge on any atom is -0.502 e. The van der Waals surface area contributed by atoms with E-state index in [1.165, 1.54) is 0 Å². The number of benzene rings is 3. The van der Waals surface area contributed by atoms with Crippen molar-refractivity contribution in [2.75, 3.05) is 7.11 Å². The van der Waals surface area contributed by atoms with Crippen LogP contribution < -0.4 is 9.47 Å². The average molecular weight is 461 g/mol. The summed E-state index contributed by atoms with van der Waals surface area (Å²) in [6.07, 6.45) is 0.838. The third-order valence-electron chi connectivity index (χ3n) is 5.14. The van der Waals surface area contributed by atoms with Crippen molar-refractivity contribution >= 4 is 11.8 Å². The fraction of sp³-hybridized carbons (Fsp3) is 0.214.